The third-order valence-electron chi connectivity index (χ3n) is 2.57. The topological polar surface area (TPSA) is 41.1 Å². The van der Waals surface area contributed by atoms with Crippen LogP contribution in [0.15, 0.2) is 48.5 Å². The largest absolute Gasteiger partial charge is 0.418 e. The molecule has 0 saturated heterocycles. The van der Waals surface area contributed by atoms with Crippen LogP contribution in [0.25, 0.3) is 0 Å². The van der Waals surface area contributed by atoms with Crippen LogP contribution in [0, 0.1) is 0 Å². The van der Waals surface area contributed by atoms with Crippen LogP contribution >= 0.6 is 11.6 Å². The van der Waals surface area contributed by atoms with Gasteiger partial charge in [-0.3, -0.25) is 0 Å². The first-order valence-corrected chi connectivity index (χ1v) is 6.24. The lowest BCUT2D eigenvalue weighted by Gasteiger charge is -2.14. The number of benzene rings is 2. The summed E-state index contributed by atoms with van der Waals surface area (Å²) in [5, 5.41) is 4.54. The Morgan fingerprint density at radius 1 is 1.00 bits per heavy atom. The minimum Gasteiger partial charge on any atom is -0.308 e. The van der Waals surface area contributed by atoms with Crippen molar-refractivity contribution in [3.05, 3.63) is 59.1 Å². The number of carbonyl (C=O) groups excluding carboxylic acids is 1. The third kappa shape index (κ3) is 4.13. The molecule has 7 heteroatoms. The highest BCUT2D eigenvalue weighted by molar-refractivity contribution is 6.30. The van der Waals surface area contributed by atoms with Crippen molar-refractivity contribution in [3.63, 3.8) is 0 Å². The predicted molar refractivity (Wildman–Crippen MR) is 75.5 cm³/mol. The predicted octanol–water partition coefficient (Wildman–Crippen LogP) is 5.00. The number of hydrogen-bond acceptors (Lipinski definition) is 1. The van der Waals surface area contributed by atoms with E-state index in [2.05, 4.69) is 10.6 Å². The van der Waals surface area contributed by atoms with E-state index < -0.39 is 17.8 Å². The molecule has 21 heavy (non-hydrogen) atoms. The lowest BCUT2D eigenvalue weighted by Crippen LogP contribution is -2.21. The maximum Gasteiger partial charge on any atom is 0.418 e. The molecular formula is C14H10ClF3N2O. The summed E-state index contributed by atoms with van der Waals surface area (Å²) in [5.41, 5.74) is -0.893. The second-order valence-corrected chi connectivity index (χ2v) is 4.57. The van der Waals surface area contributed by atoms with Crippen molar-refractivity contribution in [1.82, 2.24) is 0 Å². The fourth-order valence-corrected chi connectivity index (χ4v) is 1.84. The molecule has 2 rings (SSSR count). The van der Waals surface area contributed by atoms with E-state index in [-0.39, 0.29) is 10.7 Å². The molecule has 2 amide bonds. The number of anilines is 2. The molecule has 0 unspecified atom stereocenters. The van der Waals surface area contributed by atoms with Crippen molar-refractivity contribution >= 4 is 29.0 Å². The number of halogens is 4. The molecule has 0 aliphatic rings. The number of nitrogens with one attached hydrogen (secondary N) is 2. The van der Waals surface area contributed by atoms with Crippen LogP contribution in [0.5, 0.6) is 0 Å². The second-order valence-electron chi connectivity index (χ2n) is 4.13. The molecular weight excluding hydrogens is 305 g/mol. The van der Waals surface area contributed by atoms with E-state index in [0.717, 1.165) is 12.1 Å². The van der Waals surface area contributed by atoms with Gasteiger partial charge in [-0.15, -0.1) is 0 Å². The average molecular weight is 315 g/mol. The highest BCUT2D eigenvalue weighted by Crippen LogP contribution is 2.36. The first-order valence-electron chi connectivity index (χ1n) is 5.86. The Hall–Kier alpha value is -2.21. The van der Waals surface area contributed by atoms with E-state index in [9.17, 15) is 18.0 Å². The van der Waals surface area contributed by atoms with Gasteiger partial charge in [0.05, 0.1) is 11.3 Å². The van der Waals surface area contributed by atoms with Gasteiger partial charge in [0.1, 0.15) is 0 Å². The van der Waals surface area contributed by atoms with Crippen LogP contribution in [0.2, 0.25) is 5.02 Å². The van der Waals surface area contributed by atoms with Crippen LogP contribution < -0.4 is 10.6 Å². The summed E-state index contributed by atoms with van der Waals surface area (Å²) in [6.45, 7) is 0. The van der Waals surface area contributed by atoms with Crippen molar-refractivity contribution < 1.29 is 18.0 Å². The number of alkyl halides is 3. The van der Waals surface area contributed by atoms with Crippen LogP contribution in [0.3, 0.4) is 0 Å². The van der Waals surface area contributed by atoms with Crippen molar-refractivity contribution in [2.45, 2.75) is 6.18 Å². The molecule has 2 aromatic carbocycles. The van der Waals surface area contributed by atoms with Gasteiger partial charge in [0.15, 0.2) is 0 Å². The van der Waals surface area contributed by atoms with E-state index in [1.165, 1.54) is 6.07 Å². The van der Waals surface area contributed by atoms with Gasteiger partial charge in [-0.25, -0.2) is 4.79 Å². The minimum atomic E-state index is -4.61. The second kappa shape index (κ2) is 6.05. The molecule has 0 spiro atoms. The van der Waals surface area contributed by atoms with Crippen LogP contribution in [0.4, 0.5) is 29.3 Å². The maximum atomic E-state index is 12.9. The zero-order valence-corrected chi connectivity index (χ0v) is 11.3. The molecule has 110 valence electrons. The highest BCUT2D eigenvalue weighted by Gasteiger charge is 2.34. The van der Waals surface area contributed by atoms with Crippen molar-refractivity contribution in [1.29, 1.82) is 0 Å². The number of amides is 2. The van der Waals surface area contributed by atoms with Gasteiger partial charge in [0.2, 0.25) is 0 Å². The van der Waals surface area contributed by atoms with Crippen LogP contribution in [0.1, 0.15) is 5.56 Å². The summed E-state index contributed by atoms with van der Waals surface area (Å²) in [5.74, 6) is 0. The minimum absolute atomic E-state index is 0.0589. The Kier molecular flexibility index (Phi) is 4.37. The number of urea groups is 1. The lowest BCUT2D eigenvalue weighted by atomic mass is 10.1. The zero-order valence-electron chi connectivity index (χ0n) is 10.5. The summed E-state index contributed by atoms with van der Waals surface area (Å²) in [7, 11) is 0. The molecule has 2 aromatic rings. The van der Waals surface area contributed by atoms with Gasteiger partial charge >= 0.3 is 12.2 Å². The molecule has 0 bridgehead atoms. The Bertz CT molecular complexity index is 644. The van der Waals surface area contributed by atoms with E-state index in [0.29, 0.717) is 5.69 Å². The molecule has 0 aromatic heterocycles. The van der Waals surface area contributed by atoms with Crippen LogP contribution in [-0.4, -0.2) is 6.03 Å². The van der Waals surface area contributed by atoms with Crippen molar-refractivity contribution in [2.75, 3.05) is 10.6 Å². The van der Waals surface area contributed by atoms with Gasteiger partial charge in [-0.1, -0.05) is 29.8 Å². The summed E-state index contributed by atoms with van der Waals surface area (Å²) < 4.78 is 38.6. The zero-order chi connectivity index (χ0) is 15.5. The van der Waals surface area contributed by atoms with E-state index in [4.69, 9.17) is 11.6 Å². The molecule has 0 fully saturated rings. The fraction of sp³-hybridized carbons (Fsp3) is 0.0714. The standard InChI is InChI=1S/C14H10ClF3N2O/c15-9-6-7-12(11(8-9)14(16,17)18)20-13(21)19-10-4-2-1-3-5-10/h1-8H,(H2,19,20,21). The summed E-state index contributed by atoms with van der Waals surface area (Å²) in [6.07, 6.45) is -4.61. The van der Waals surface area contributed by atoms with E-state index in [1.54, 1.807) is 30.3 Å². The molecule has 0 aliphatic heterocycles. The van der Waals surface area contributed by atoms with Gasteiger partial charge in [0.25, 0.3) is 0 Å². The molecule has 0 radical (unpaired) electrons. The number of para-hydroxylation sites is 1. The first kappa shape index (κ1) is 15.2. The van der Waals surface area contributed by atoms with Crippen LogP contribution in [-0.2, 0) is 6.18 Å². The van der Waals surface area contributed by atoms with Gasteiger partial charge < -0.3 is 10.6 Å². The normalized spacial score (nSPS) is 11.0. The van der Waals surface area contributed by atoms with Crippen molar-refractivity contribution in [3.8, 4) is 0 Å². The number of hydrogen-bond donors (Lipinski definition) is 2. The quantitative estimate of drug-likeness (QED) is 0.804. The van der Waals surface area contributed by atoms with Gasteiger partial charge in [0, 0.05) is 10.7 Å². The number of carbonyl (C=O) groups is 1. The summed E-state index contributed by atoms with van der Waals surface area (Å²) >= 11 is 5.56. The SMILES string of the molecule is O=C(Nc1ccccc1)Nc1ccc(Cl)cc1C(F)(F)F. The molecule has 0 heterocycles. The molecule has 0 atom stereocenters. The Labute approximate surface area is 123 Å². The Morgan fingerprint density at radius 3 is 2.29 bits per heavy atom. The summed E-state index contributed by atoms with van der Waals surface area (Å²) in [4.78, 5) is 11.7. The number of rotatable bonds is 2. The third-order valence-corrected chi connectivity index (χ3v) is 2.80. The van der Waals surface area contributed by atoms with Gasteiger partial charge in [-0.05, 0) is 30.3 Å². The maximum absolute atomic E-state index is 12.9. The smallest absolute Gasteiger partial charge is 0.308 e. The lowest BCUT2D eigenvalue weighted by molar-refractivity contribution is -0.136. The fourth-order valence-electron chi connectivity index (χ4n) is 1.67. The first-order chi connectivity index (χ1) is 9.86. The Morgan fingerprint density at radius 2 is 1.67 bits per heavy atom. The highest BCUT2D eigenvalue weighted by atomic mass is 35.5. The molecule has 2 N–H and O–H groups in total. The molecule has 0 saturated carbocycles. The Balaban J connectivity index is 2.18. The average Bonchev–Trinajstić information content (AvgIpc) is 2.40. The molecule has 0 aliphatic carbocycles. The monoisotopic (exact) mass is 314 g/mol. The van der Waals surface area contributed by atoms with E-state index >= 15 is 0 Å². The molecule has 3 nitrogen and oxygen atoms in total. The summed E-state index contributed by atoms with van der Waals surface area (Å²) in [6, 6.07) is 10.7. The van der Waals surface area contributed by atoms with E-state index in [1.807, 2.05) is 0 Å². The van der Waals surface area contributed by atoms with Gasteiger partial charge in [-0.2, -0.15) is 13.2 Å². The van der Waals surface area contributed by atoms with Crippen molar-refractivity contribution in [2.24, 2.45) is 0 Å².